The third kappa shape index (κ3) is 4.20. The zero-order chi connectivity index (χ0) is 13.2. The first kappa shape index (κ1) is 18.0. The number of hydrogen-bond donors (Lipinski definition) is 1. The van der Waals surface area contributed by atoms with Gasteiger partial charge in [-0.3, -0.25) is 4.90 Å². The van der Waals surface area contributed by atoms with E-state index in [4.69, 9.17) is 10.2 Å². The Hall–Kier alpha value is -1.07. The van der Waals surface area contributed by atoms with Crippen LogP contribution < -0.4 is 5.73 Å². The Morgan fingerprint density at radius 2 is 1.95 bits per heavy atom. The van der Waals surface area contributed by atoms with Crippen LogP contribution in [0.15, 0.2) is 40.9 Å². The maximum absolute atomic E-state index is 6.27. The SMILES string of the molecule is Cc1cnc(CN2C[C@@H](N)[C@H](c3ccccc3)C2)o1.Cl.Cl. The molecule has 0 radical (unpaired) electrons. The molecule has 1 aliphatic heterocycles. The summed E-state index contributed by atoms with van der Waals surface area (Å²) in [6.45, 7) is 4.51. The minimum Gasteiger partial charge on any atom is -0.445 e. The lowest BCUT2D eigenvalue weighted by Crippen LogP contribution is -2.28. The third-order valence-corrected chi connectivity index (χ3v) is 3.70. The molecule has 1 aromatic carbocycles. The second-order valence-corrected chi connectivity index (χ2v) is 5.24. The molecular formula is C15H21Cl2N3O. The van der Waals surface area contributed by atoms with Crippen LogP contribution in [0.1, 0.15) is 23.1 Å². The normalized spacial score (nSPS) is 21.6. The zero-order valence-electron chi connectivity index (χ0n) is 11.9. The molecule has 4 nitrogen and oxygen atoms in total. The number of oxazole rings is 1. The van der Waals surface area contributed by atoms with Crippen molar-refractivity contribution in [3.8, 4) is 0 Å². The first-order valence-electron chi connectivity index (χ1n) is 6.66. The lowest BCUT2D eigenvalue weighted by Gasteiger charge is -2.14. The number of nitrogens with two attached hydrogens (primary N) is 1. The molecule has 1 fully saturated rings. The zero-order valence-corrected chi connectivity index (χ0v) is 13.6. The van der Waals surface area contributed by atoms with Crippen LogP contribution in [0.3, 0.4) is 0 Å². The number of rotatable bonds is 3. The fraction of sp³-hybridized carbons (Fsp3) is 0.400. The molecule has 6 heteroatoms. The van der Waals surface area contributed by atoms with E-state index in [-0.39, 0.29) is 30.9 Å². The van der Waals surface area contributed by atoms with Gasteiger partial charge in [0.2, 0.25) is 5.89 Å². The van der Waals surface area contributed by atoms with Crippen LogP contribution in [0.4, 0.5) is 0 Å². The highest BCUT2D eigenvalue weighted by atomic mass is 35.5. The molecule has 2 heterocycles. The highest BCUT2D eigenvalue weighted by molar-refractivity contribution is 5.85. The molecular weight excluding hydrogens is 309 g/mol. The van der Waals surface area contributed by atoms with Crippen LogP contribution in [0.5, 0.6) is 0 Å². The lowest BCUT2D eigenvalue weighted by atomic mass is 9.95. The van der Waals surface area contributed by atoms with Crippen LogP contribution in [0.2, 0.25) is 0 Å². The summed E-state index contributed by atoms with van der Waals surface area (Å²) in [5.74, 6) is 2.04. The summed E-state index contributed by atoms with van der Waals surface area (Å²) < 4.78 is 5.53. The standard InChI is InChI=1S/C15H19N3O.2ClH/c1-11-7-17-15(19-11)10-18-8-13(14(16)9-18)12-5-3-2-4-6-12;;/h2-7,13-14H,8-10,16H2,1H3;2*1H/t13-,14+;;/m0../s1. The predicted molar refractivity (Wildman–Crippen MR) is 88.2 cm³/mol. The van der Waals surface area contributed by atoms with E-state index >= 15 is 0 Å². The first-order valence-corrected chi connectivity index (χ1v) is 6.66. The Kier molecular flexibility index (Phi) is 6.68. The monoisotopic (exact) mass is 329 g/mol. The van der Waals surface area contributed by atoms with E-state index in [1.807, 2.05) is 13.0 Å². The number of likely N-dealkylation sites (tertiary alicyclic amines) is 1. The molecule has 116 valence electrons. The van der Waals surface area contributed by atoms with Gasteiger partial charge in [-0.2, -0.15) is 0 Å². The van der Waals surface area contributed by atoms with E-state index in [0.29, 0.717) is 5.92 Å². The van der Waals surface area contributed by atoms with Crippen LogP contribution in [0, 0.1) is 6.92 Å². The largest absolute Gasteiger partial charge is 0.445 e. The molecule has 2 atom stereocenters. The number of benzene rings is 1. The van der Waals surface area contributed by atoms with Gasteiger partial charge in [0.05, 0.1) is 12.7 Å². The quantitative estimate of drug-likeness (QED) is 0.940. The smallest absolute Gasteiger partial charge is 0.208 e. The summed E-state index contributed by atoms with van der Waals surface area (Å²) in [5, 5.41) is 0. The van der Waals surface area contributed by atoms with E-state index in [2.05, 4.69) is 34.1 Å². The number of nitrogens with zero attached hydrogens (tertiary/aromatic N) is 2. The molecule has 2 aromatic rings. The molecule has 21 heavy (non-hydrogen) atoms. The van der Waals surface area contributed by atoms with Gasteiger partial charge in [0, 0.05) is 25.0 Å². The van der Waals surface area contributed by atoms with Crippen LogP contribution >= 0.6 is 24.8 Å². The summed E-state index contributed by atoms with van der Waals surface area (Å²) in [4.78, 5) is 6.57. The minimum absolute atomic E-state index is 0. The van der Waals surface area contributed by atoms with Crippen LogP contribution in [0.25, 0.3) is 0 Å². The number of aromatic nitrogens is 1. The average molecular weight is 330 g/mol. The molecule has 1 saturated heterocycles. The van der Waals surface area contributed by atoms with E-state index in [1.165, 1.54) is 5.56 Å². The van der Waals surface area contributed by atoms with Gasteiger partial charge in [-0.25, -0.2) is 4.98 Å². The van der Waals surface area contributed by atoms with E-state index < -0.39 is 0 Å². The molecule has 3 rings (SSSR count). The van der Waals surface area contributed by atoms with Crippen molar-refractivity contribution in [1.29, 1.82) is 0 Å². The van der Waals surface area contributed by atoms with Crippen molar-refractivity contribution in [2.24, 2.45) is 5.73 Å². The van der Waals surface area contributed by atoms with Gasteiger partial charge < -0.3 is 10.2 Å². The molecule has 0 saturated carbocycles. The van der Waals surface area contributed by atoms with Crippen LogP contribution in [-0.2, 0) is 6.54 Å². The average Bonchev–Trinajstić information content (AvgIpc) is 2.97. The molecule has 1 aromatic heterocycles. The molecule has 0 bridgehead atoms. The minimum atomic E-state index is 0. The Labute approximate surface area is 137 Å². The third-order valence-electron chi connectivity index (χ3n) is 3.70. The molecule has 2 N–H and O–H groups in total. The van der Waals surface area contributed by atoms with Gasteiger partial charge in [-0.1, -0.05) is 30.3 Å². The molecule has 0 aliphatic carbocycles. The van der Waals surface area contributed by atoms with Gasteiger partial charge in [0.15, 0.2) is 0 Å². The van der Waals surface area contributed by atoms with E-state index in [1.54, 1.807) is 6.20 Å². The summed E-state index contributed by atoms with van der Waals surface area (Å²) in [5.41, 5.74) is 7.59. The lowest BCUT2D eigenvalue weighted by molar-refractivity contribution is 0.282. The molecule has 0 amide bonds. The second-order valence-electron chi connectivity index (χ2n) is 5.24. The van der Waals surface area contributed by atoms with E-state index in [0.717, 1.165) is 31.3 Å². The summed E-state index contributed by atoms with van der Waals surface area (Å²) in [7, 11) is 0. The fourth-order valence-electron chi connectivity index (χ4n) is 2.76. The Morgan fingerprint density at radius 3 is 2.57 bits per heavy atom. The van der Waals surface area contributed by atoms with E-state index in [9.17, 15) is 0 Å². The fourth-order valence-corrected chi connectivity index (χ4v) is 2.76. The van der Waals surface area contributed by atoms with Gasteiger partial charge in [-0.15, -0.1) is 24.8 Å². The Morgan fingerprint density at radius 1 is 1.24 bits per heavy atom. The number of hydrogen-bond acceptors (Lipinski definition) is 4. The molecule has 0 unspecified atom stereocenters. The maximum atomic E-state index is 6.27. The van der Waals surface area contributed by atoms with Crippen molar-refractivity contribution in [3.05, 3.63) is 53.7 Å². The number of aryl methyl sites for hydroxylation is 1. The molecule has 1 aliphatic rings. The van der Waals surface area contributed by atoms with Crippen molar-refractivity contribution < 1.29 is 4.42 Å². The highest BCUT2D eigenvalue weighted by Crippen LogP contribution is 2.27. The van der Waals surface area contributed by atoms with Gasteiger partial charge in [0.1, 0.15) is 5.76 Å². The topological polar surface area (TPSA) is 55.3 Å². The van der Waals surface area contributed by atoms with Crippen molar-refractivity contribution in [1.82, 2.24) is 9.88 Å². The van der Waals surface area contributed by atoms with Gasteiger partial charge >= 0.3 is 0 Å². The summed E-state index contributed by atoms with van der Waals surface area (Å²) in [6.07, 6.45) is 1.76. The van der Waals surface area contributed by atoms with Gasteiger partial charge in [-0.05, 0) is 12.5 Å². The highest BCUT2D eigenvalue weighted by Gasteiger charge is 2.31. The molecule has 0 spiro atoms. The second kappa shape index (κ2) is 7.80. The first-order chi connectivity index (χ1) is 9.22. The summed E-state index contributed by atoms with van der Waals surface area (Å²) in [6, 6.07) is 10.7. The van der Waals surface area contributed by atoms with Crippen molar-refractivity contribution in [2.75, 3.05) is 13.1 Å². The Bertz CT molecular complexity index is 547. The number of halogens is 2. The van der Waals surface area contributed by atoms with Crippen molar-refractivity contribution >= 4 is 24.8 Å². The van der Waals surface area contributed by atoms with Crippen molar-refractivity contribution in [3.63, 3.8) is 0 Å². The summed E-state index contributed by atoms with van der Waals surface area (Å²) >= 11 is 0. The van der Waals surface area contributed by atoms with Crippen molar-refractivity contribution in [2.45, 2.75) is 25.4 Å². The predicted octanol–water partition coefficient (Wildman–Crippen LogP) is 2.75. The maximum Gasteiger partial charge on any atom is 0.208 e. The Balaban J connectivity index is 0.00000110. The van der Waals surface area contributed by atoms with Crippen LogP contribution in [-0.4, -0.2) is 29.0 Å². The van der Waals surface area contributed by atoms with Gasteiger partial charge in [0.25, 0.3) is 0 Å².